The second-order valence-electron chi connectivity index (χ2n) is 0.394. The van der Waals surface area contributed by atoms with Gasteiger partial charge in [0.05, 0.1) is 0 Å². The third-order valence-electron chi connectivity index (χ3n) is 0.124. The fraction of sp³-hybridized carbons (Fsp3) is 0. The summed E-state index contributed by atoms with van der Waals surface area (Å²) in [6, 6.07) is 0. The molecule has 0 heterocycles. The number of nitrogens with one attached hydrogen (secondary N) is 1. The van der Waals surface area contributed by atoms with Gasteiger partial charge in [0.2, 0.25) is 0 Å². The van der Waals surface area contributed by atoms with E-state index in [0.717, 1.165) is 6.34 Å². The van der Waals surface area contributed by atoms with E-state index >= 15 is 0 Å². The fourth-order valence-electron chi connectivity index (χ4n) is 0.0333. The van der Waals surface area contributed by atoms with Crippen molar-refractivity contribution in [2.75, 3.05) is 0 Å². The Labute approximate surface area is 45.2 Å². The van der Waals surface area contributed by atoms with E-state index < -0.39 is 0 Å². The average molecular weight is 131 g/mol. The van der Waals surface area contributed by atoms with Gasteiger partial charge in [-0.05, 0) is 0 Å². The molecule has 3 N–H and O–H groups in total. The molecule has 0 saturated carbocycles. The fourth-order valence-corrected chi connectivity index (χ4v) is 0.0333. The van der Waals surface area contributed by atoms with Crippen molar-refractivity contribution in [3.05, 3.63) is 0 Å². The number of hydrazone groups is 1. The maximum absolute atomic E-state index is 6.00. The van der Waals surface area contributed by atoms with Crippen molar-refractivity contribution in [1.29, 1.82) is 5.53 Å². The Morgan fingerprint density at radius 3 is 2.17 bits per heavy atom. The van der Waals surface area contributed by atoms with E-state index in [1.807, 2.05) is 0 Å². The van der Waals surface area contributed by atoms with Crippen molar-refractivity contribution in [1.82, 2.24) is 0 Å². The summed E-state index contributed by atoms with van der Waals surface area (Å²) >= 11 is 0. The molecule has 0 fully saturated rings. The molecule has 0 bridgehead atoms. The Hall–Kier alpha value is -0.436. The van der Waals surface area contributed by atoms with Gasteiger partial charge in [0.25, 0.3) is 0 Å². The Kier molecular flexibility index (Phi) is 13.4. The molecule has 5 heteroatoms. The first-order valence-corrected chi connectivity index (χ1v) is 0.998. The number of rotatable bonds is 1. The van der Waals surface area contributed by atoms with E-state index in [2.05, 4.69) is 16.1 Å². The Bertz CT molecular complexity index is 49.5. The van der Waals surface area contributed by atoms with E-state index in [1.54, 1.807) is 0 Å². The second kappa shape index (κ2) is 8.82. The van der Waals surface area contributed by atoms with Gasteiger partial charge in [-0.3, -0.25) is 0 Å². The topological polar surface area (TPSA) is 74.6 Å². The first-order chi connectivity index (χ1) is 2.41. The molecule has 0 aromatic rings. The van der Waals surface area contributed by atoms with Crippen molar-refractivity contribution in [3.8, 4) is 0 Å². The predicted molar refractivity (Wildman–Crippen MR) is 17.8 cm³/mol. The summed E-state index contributed by atoms with van der Waals surface area (Å²) in [5, 5.41) is 5.56. The van der Waals surface area contributed by atoms with Crippen LogP contribution in [-0.2, 0) is 16.5 Å². The molecule has 0 saturated heterocycles. The second-order valence-corrected chi connectivity index (χ2v) is 0.394. The monoisotopic (exact) mass is 130 g/mol. The molecule has 6 heavy (non-hydrogen) atoms. The summed E-state index contributed by atoms with van der Waals surface area (Å²) in [6.45, 7) is 0. The van der Waals surface area contributed by atoms with Crippen molar-refractivity contribution < 1.29 is 16.5 Å². The van der Waals surface area contributed by atoms with Crippen LogP contribution in [0.2, 0.25) is 0 Å². The van der Waals surface area contributed by atoms with Gasteiger partial charge in [-0.25, -0.2) is 5.53 Å². The van der Waals surface area contributed by atoms with E-state index in [1.165, 1.54) is 0 Å². The molecular formula is CH4N4Ni. The van der Waals surface area contributed by atoms with Crippen LogP contribution in [0.25, 0.3) is 0 Å². The molecule has 0 rings (SSSR count). The quantitative estimate of drug-likeness (QED) is 0.128. The molecule has 0 radical (unpaired) electrons. The summed E-state index contributed by atoms with van der Waals surface area (Å²) in [7, 11) is 0. The summed E-state index contributed by atoms with van der Waals surface area (Å²) in [5.74, 6) is 4.49. The Morgan fingerprint density at radius 2 is 2.17 bits per heavy atom. The maximum Gasteiger partial charge on any atom is 0.156 e. The minimum Gasteiger partial charge on any atom is -0.322 e. The van der Waals surface area contributed by atoms with E-state index in [0.29, 0.717) is 0 Å². The minimum atomic E-state index is 0. The largest absolute Gasteiger partial charge is 0.322 e. The van der Waals surface area contributed by atoms with Crippen LogP contribution in [0.15, 0.2) is 10.2 Å². The van der Waals surface area contributed by atoms with Crippen LogP contribution in [0, 0.1) is 5.53 Å². The van der Waals surface area contributed by atoms with Gasteiger partial charge in [-0.2, -0.15) is 5.10 Å². The van der Waals surface area contributed by atoms with Gasteiger partial charge in [0.15, 0.2) is 6.34 Å². The number of hydrogen-bond donors (Lipinski definition) is 2. The van der Waals surface area contributed by atoms with E-state index in [9.17, 15) is 0 Å². The molecule has 0 aliphatic heterocycles. The summed E-state index contributed by atoms with van der Waals surface area (Å²) < 4.78 is 0. The normalized spacial score (nSPS) is 7.33. The van der Waals surface area contributed by atoms with Crippen LogP contribution in [0.1, 0.15) is 0 Å². The van der Waals surface area contributed by atoms with Crippen molar-refractivity contribution in [3.63, 3.8) is 0 Å². The zero-order valence-electron chi connectivity index (χ0n) is 2.87. The molecule has 0 aliphatic rings. The number of nitrogens with two attached hydrogens (primary N) is 1. The summed E-state index contributed by atoms with van der Waals surface area (Å²) in [5.41, 5.74) is 6.00. The minimum absolute atomic E-state index is 0. The molecule has 0 atom stereocenters. The third kappa shape index (κ3) is 9.58. The van der Waals surface area contributed by atoms with Gasteiger partial charge in [-0.1, -0.05) is 0 Å². The first-order valence-electron chi connectivity index (χ1n) is 0.998. The molecule has 0 aliphatic carbocycles. The van der Waals surface area contributed by atoms with Crippen LogP contribution in [-0.4, -0.2) is 6.34 Å². The van der Waals surface area contributed by atoms with Gasteiger partial charge < -0.3 is 5.84 Å². The molecule has 0 aromatic carbocycles. The van der Waals surface area contributed by atoms with E-state index in [-0.39, 0.29) is 16.5 Å². The molecule has 0 amide bonds. The molecule has 0 spiro atoms. The van der Waals surface area contributed by atoms with Gasteiger partial charge in [-0.15, -0.1) is 5.11 Å². The average Bonchev–Trinajstić information content (AvgIpc) is 1.41. The maximum atomic E-state index is 6.00. The van der Waals surface area contributed by atoms with Crippen molar-refractivity contribution in [2.45, 2.75) is 0 Å². The standard InChI is InChI=1S/CH4N4.Ni/c2-4-1-5-3;/h1-2H,3H2;. The third-order valence-corrected chi connectivity index (χ3v) is 0.124. The van der Waals surface area contributed by atoms with Crippen molar-refractivity contribution >= 4 is 6.34 Å². The summed E-state index contributed by atoms with van der Waals surface area (Å²) in [4.78, 5) is 0. The Morgan fingerprint density at radius 1 is 1.67 bits per heavy atom. The van der Waals surface area contributed by atoms with Crippen LogP contribution < -0.4 is 5.84 Å². The zero-order chi connectivity index (χ0) is 4.12. The smallest absolute Gasteiger partial charge is 0.156 e. The van der Waals surface area contributed by atoms with Crippen LogP contribution in [0.3, 0.4) is 0 Å². The summed E-state index contributed by atoms with van der Waals surface area (Å²) in [6.07, 6.45) is 0.944. The number of hydrogen-bond acceptors (Lipinski definition) is 3. The SMILES string of the molecule is N=NC=NN.[Ni]. The van der Waals surface area contributed by atoms with Gasteiger partial charge >= 0.3 is 0 Å². The number of nitrogens with zero attached hydrogens (tertiary/aromatic N) is 2. The van der Waals surface area contributed by atoms with Crippen LogP contribution in [0.4, 0.5) is 0 Å². The Balaban J connectivity index is 0. The zero-order valence-corrected chi connectivity index (χ0v) is 3.85. The van der Waals surface area contributed by atoms with Crippen LogP contribution in [0.5, 0.6) is 0 Å². The molecular weight excluding hydrogens is 127 g/mol. The predicted octanol–water partition coefficient (Wildman–Crippen LogP) is -0.0831. The van der Waals surface area contributed by atoms with Gasteiger partial charge in [0, 0.05) is 16.5 Å². The first kappa shape index (κ1) is 9.12. The van der Waals surface area contributed by atoms with Gasteiger partial charge in [0.1, 0.15) is 0 Å². The van der Waals surface area contributed by atoms with E-state index in [4.69, 9.17) is 5.53 Å². The molecule has 0 unspecified atom stereocenters. The molecule has 38 valence electrons. The van der Waals surface area contributed by atoms with Crippen LogP contribution >= 0.6 is 0 Å². The molecule has 4 nitrogen and oxygen atoms in total. The molecule has 0 aromatic heterocycles. The van der Waals surface area contributed by atoms with Crippen molar-refractivity contribution in [2.24, 2.45) is 16.1 Å².